The van der Waals surface area contributed by atoms with Crippen LogP contribution >= 0.6 is 43.2 Å². The molecule has 20 heavy (non-hydrogen) atoms. The van der Waals surface area contributed by atoms with E-state index in [1.54, 1.807) is 23.5 Å². The van der Waals surface area contributed by atoms with E-state index in [1.807, 2.05) is 23.6 Å². The van der Waals surface area contributed by atoms with E-state index >= 15 is 0 Å². The lowest BCUT2D eigenvalue weighted by molar-refractivity contribution is 0.600. The minimum atomic E-state index is -0.476. The van der Waals surface area contributed by atoms with Gasteiger partial charge in [0.05, 0.1) is 6.04 Å². The van der Waals surface area contributed by atoms with Crippen LogP contribution in [0.1, 0.15) is 17.2 Å². The van der Waals surface area contributed by atoms with E-state index in [2.05, 4.69) is 31.9 Å². The topological polar surface area (TPSA) is 26.0 Å². The van der Waals surface area contributed by atoms with Gasteiger partial charge in [-0.3, -0.25) is 0 Å². The Kier molecular flexibility index (Phi) is 3.95. The Balaban J connectivity index is 2.15. The largest absolute Gasteiger partial charge is 0.320 e. The number of hydrogen-bond acceptors (Lipinski definition) is 2. The monoisotopic (exact) mass is 413 g/mol. The molecule has 5 heteroatoms. The van der Waals surface area contributed by atoms with Crippen LogP contribution in [0.2, 0.25) is 0 Å². The Morgan fingerprint density at radius 1 is 1.10 bits per heavy atom. The first-order chi connectivity index (χ1) is 9.58. The van der Waals surface area contributed by atoms with Crippen LogP contribution in [0.15, 0.2) is 50.7 Å². The molecule has 3 aromatic rings. The zero-order valence-corrected chi connectivity index (χ0v) is 14.2. The molecule has 0 aliphatic heterocycles. The fraction of sp³-hybridized carbons (Fsp3) is 0.0667. The number of fused-ring (bicyclic) bond motifs is 1. The van der Waals surface area contributed by atoms with Crippen molar-refractivity contribution in [3.8, 4) is 0 Å². The SMILES string of the molecule is NC(c1cc(Br)ccc1F)c1csc2c(Br)cccc12. The van der Waals surface area contributed by atoms with Gasteiger partial charge in [0.1, 0.15) is 5.82 Å². The maximum atomic E-state index is 14.0. The molecule has 0 saturated heterocycles. The van der Waals surface area contributed by atoms with Crippen molar-refractivity contribution in [3.05, 3.63) is 67.7 Å². The lowest BCUT2D eigenvalue weighted by atomic mass is 9.99. The molecular weight excluding hydrogens is 405 g/mol. The van der Waals surface area contributed by atoms with Crippen LogP contribution in [0.3, 0.4) is 0 Å². The number of halogens is 3. The van der Waals surface area contributed by atoms with Gasteiger partial charge in [0.25, 0.3) is 0 Å². The number of thiophene rings is 1. The number of benzene rings is 2. The number of rotatable bonds is 2. The lowest BCUT2D eigenvalue weighted by Crippen LogP contribution is -2.13. The molecule has 3 rings (SSSR count). The number of nitrogens with two attached hydrogens (primary N) is 1. The molecule has 0 saturated carbocycles. The third-order valence-corrected chi connectivity index (χ3v) is 5.67. The molecule has 102 valence electrons. The Hall–Kier alpha value is -0.750. The zero-order valence-electron chi connectivity index (χ0n) is 10.2. The first-order valence-electron chi connectivity index (χ1n) is 5.94. The van der Waals surface area contributed by atoms with Crippen molar-refractivity contribution in [2.24, 2.45) is 5.73 Å². The molecule has 0 spiro atoms. The van der Waals surface area contributed by atoms with Crippen molar-refractivity contribution in [3.63, 3.8) is 0 Å². The summed E-state index contributed by atoms with van der Waals surface area (Å²) in [6.45, 7) is 0. The van der Waals surface area contributed by atoms with Crippen LogP contribution in [0.25, 0.3) is 10.1 Å². The minimum Gasteiger partial charge on any atom is -0.320 e. The molecule has 1 nitrogen and oxygen atoms in total. The highest BCUT2D eigenvalue weighted by Crippen LogP contribution is 2.37. The predicted octanol–water partition coefficient (Wildman–Crippen LogP) is 5.61. The van der Waals surface area contributed by atoms with Crippen LogP contribution in [-0.2, 0) is 0 Å². The second kappa shape index (κ2) is 5.56. The zero-order chi connectivity index (χ0) is 14.3. The van der Waals surface area contributed by atoms with Gasteiger partial charge >= 0.3 is 0 Å². The Labute approximate surface area is 136 Å². The third-order valence-electron chi connectivity index (χ3n) is 3.21. The normalized spacial score (nSPS) is 12.8. The summed E-state index contributed by atoms with van der Waals surface area (Å²) < 4.78 is 17.0. The van der Waals surface area contributed by atoms with Crippen LogP contribution in [0, 0.1) is 5.82 Å². The van der Waals surface area contributed by atoms with Crippen molar-refractivity contribution in [1.29, 1.82) is 0 Å². The van der Waals surface area contributed by atoms with Gasteiger partial charge in [-0.1, -0.05) is 28.1 Å². The molecule has 0 aliphatic rings. The summed E-state index contributed by atoms with van der Waals surface area (Å²) in [5.41, 5.74) is 7.72. The predicted molar refractivity (Wildman–Crippen MR) is 89.7 cm³/mol. The van der Waals surface area contributed by atoms with Gasteiger partial charge in [0.15, 0.2) is 0 Å². The fourth-order valence-electron chi connectivity index (χ4n) is 2.20. The highest BCUT2D eigenvalue weighted by atomic mass is 79.9. The Morgan fingerprint density at radius 3 is 2.70 bits per heavy atom. The maximum Gasteiger partial charge on any atom is 0.128 e. The quantitative estimate of drug-likeness (QED) is 0.579. The lowest BCUT2D eigenvalue weighted by Gasteiger charge is -2.13. The highest BCUT2D eigenvalue weighted by Gasteiger charge is 2.18. The molecule has 0 aliphatic carbocycles. The van der Waals surface area contributed by atoms with E-state index in [9.17, 15) is 4.39 Å². The van der Waals surface area contributed by atoms with E-state index in [-0.39, 0.29) is 5.82 Å². The number of hydrogen-bond donors (Lipinski definition) is 1. The van der Waals surface area contributed by atoms with Crippen LogP contribution < -0.4 is 5.73 Å². The molecule has 0 fully saturated rings. The fourth-order valence-corrected chi connectivity index (χ4v) is 4.24. The summed E-state index contributed by atoms with van der Waals surface area (Å²) in [6, 6.07) is 10.3. The van der Waals surface area contributed by atoms with Crippen LogP contribution in [-0.4, -0.2) is 0 Å². The van der Waals surface area contributed by atoms with Gasteiger partial charge < -0.3 is 5.73 Å². The summed E-state index contributed by atoms with van der Waals surface area (Å²) >= 11 is 8.50. The molecule has 0 amide bonds. The molecule has 1 unspecified atom stereocenters. The second-order valence-electron chi connectivity index (χ2n) is 4.45. The van der Waals surface area contributed by atoms with Crippen LogP contribution in [0.5, 0.6) is 0 Å². The van der Waals surface area contributed by atoms with Crippen molar-refractivity contribution < 1.29 is 4.39 Å². The van der Waals surface area contributed by atoms with Gasteiger partial charge in [-0.2, -0.15) is 0 Å². The van der Waals surface area contributed by atoms with Gasteiger partial charge in [-0.25, -0.2) is 4.39 Å². The van der Waals surface area contributed by atoms with E-state index in [0.29, 0.717) is 5.56 Å². The van der Waals surface area contributed by atoms with Crippen molar-refractivity contribution in [1.82, 2.24) is 0 Å². The minimum absolute atomic E-state index is 0.282. The Morgan fingerprint density at radius 2 is 1.90 bits per heavy atom. The van der Waals surface area contributed by atoms with Gasteiger partial charge in [0, 0.05) is 19.2 Å². The Bertz CT molecular complexity index is 785. The molecule has 1 heterocycles. The summed E-state index contributed by atoms with van der Waals surface area (Å²) in [4.78, 5) is 0. The van der Waals surface area contributed by atoms with Crippen molar-refractivity contribution in [2.45, 2.75) is 6.04 Å². The summed E-state index contributed by atoms with van der Waals surface area (Å²) in [7, 11) is 0. The van der Waals surface area contributed by atoms with Gasteiger partial charge in [0.2, 0.25) is 0 Å². The summed E-state index contributed by atoms with van der Waals surface area (Å²) in [5, 5.41) is 3.07. The van der Waals surface area contributed by atoms with Gasteiger partial charge in [-0.05, 0) is 56.5 Å². The molecular formula is C15H10Br2FNS. The first-order valence-corrected chi connectivity index (χ1v) is 8.40. The standard InChI is InChI=1S/C15H10Br2FNS/c16-8-4-5-13(18)10(6-8)14(19)11-7-20-15-9(11)2-1-3-12(15)17/h1-7,14H,19H2. The molecule has 1 atom stereocenters. The molecule has 0 bridgehead atoms. The summed E-state index contributed by atoms with van der Waals surface area (Å²) in [5.74, 6) is -0.282. The van der Waals surface area contributed by atoms with E-state index in [4.69, 9.17) is 5.73 Å². The summed E-state index contributed by atoms with van der Waals surface area (Å²) in [6.07, 6.45) is 0. The maximum absolute atomic E-state index is 14.0. The molecule has 2 N–H and O–H groups in total. The highest BCUT2D eigenvalue weighted by molar-refractivity contribution is 9.11. The second-order valence-corrected chi connectivity index (χ2v) is 7.10. The smallest absolute Gasteiger partial charge is 0.128 e. The van der Waals surface area contributed by atoms with E-state index in [0.717, 1.165) is 24.6 Å². The van der Waals surface area contributed by atoms with Crippen LogP contribution in [0.4, 0.5) is 4.39 Å². The average Bonchev–Trinajstić information content (AvgIpc) is 2.86. The molecule has 0 radical (unpaired) electrons. The first kappa shape index (κ1) is 14.2. The van der Waals surface area contributed by atoms with E-state index < -0.39 is 6.04 Å². The van der Waals surface area contributed by atoms with Crippen molar-refractivity contribution in [2.75, 3.05) is 0 Å². The molecule has 2 aromatic carbocycles. The van der Waals surface area contributed by atoms with E-state index in [1.165, 1.54) is 6.07 Å². The average molecular weight is 415 g/mol. The van der Waals surface area contributed by atoms with Crippen molar-refractivity contribution >= 4 is 53.3 Å². The van der Waals surface area contributed by atoms with Gasteiger partial charge in [-0.15, -0.1) is 11.3 Å². The molecule has 1 aromatic heterocycles. The third kappa shape index (κ3) is 2.44.